The van der Waals surface area contributed by atoms with Crippen molar-refractivity contribution in [3.63, 3.8) is 0 Å². The van der Waals surface area contributed by atoms with Gasteiger partial charge in [-0.3, -0.25) is 4.79 Å². The molecule has 3 aromatic rings. The Morgan fingerprint density at radius 2 is 1.57 bits per heavy atom. The smallest absolute Gasteiger partial charge is 0.254 e. The first-order chi connectivity index (χ1) is 14.7. The highest BCUT2D eigenvalue weighted by atomic mass is 16.5. The highest BCUT2D eigenvalue weighted by Crippen LogP contribution is 2.22. The molecule has 0 unspecified atom stereocenters. The highest BCUT2D eigenvalue weighted by molar-refractivity contribution is 5.94. The molecule has 5 nitrogen and oxygen atoms in total. The molecule has 0 N–H and O–H groups in total. The molecule has 5 heteroatoms. The Morgan fingerprint density at radius 3 is 2.27 bits per heavy atom. The number of hydrogen-bond donors (Lipinski definition) is 0. The van der Waals surface area contributed by atoms with Gasteiger partial charge in [-0.05, 0) is 48.0 Å². The summed E-state index contributed by atoms with van der Waals surface area (Å²) in [6.45, 7) is 3.49. The number of ether oxygens (including phenoxy) is 2. The Labute approximate surface area is 177 Å². The van der Waals surface area contributed by atoms with Crippen LogP contribution in [-0.2, 0) is 6.61 Å². The van der Waals surface area contributed by atoms with Crippen LogP contribution in [0, 0.1) is 0 Å². The van der Waals surface area contributed by atoms with E-state index in [0.29, 0.717) is 31.0 Å². The second-order valence-corrected chi connectivity index (χ2v) is 7.28. The molecule has 3 aromatic carbocycles. The number of amides is 1. The van der Waals surface area contributed by atoms with Gasteiger partial charge in [0, 0.05) is 37.4 Å². The third-order valence-electron chi connectivity index (χ3n) is 5.33. The molecule has 154 valence electrons. The van der Waals surface area contributed by atoms with Crippen molar-refractivity contribution in [3.05, 3.63) is 90.0 Å². The second-order valence-electron chi connectivity index (χ2n) is 7.28. The van der Waals surface area contributed by atoms with Gasteiger partial charge >= 0.3 is 0 Å². The lowest BCUT2D eigenvalue weighted by Crippen LogP contribution is -2.48. The molecule has 1 fully saturated rings. The van der Waals surface area contributed by atoms with Gasteiger partial charge in [0.2, 0.25) is 0 Å². The van der Waals surface area contributed by atoms with Crippen molar-refractivity contribution in [3.8, 4) is 11.5 Å². The zero-order chi connectivity index (χ0) is 20.8. The van der Waals surface area contributed by atoms with E-state index < -0.39 is 0 Å². The highest BCUT2D eigenvalue weighted by Gasteiger charge is 2.22. The van der Waals surface area contributed by atoms with Gasteiger partial charge in [0.1, 0.15) is 18.1 Å². The molecule has 1 heterocycles. The van der Waals surface area contributed by atoms with Gasteiger partial charge in [0.25, 0.3) is 5.91 Å². The normalized spacial score (nSPS) is 13.8. The Hall–Kier alpha value is -3.47. The number of anilines is 1. The van der Waals surface area contributed by atoms with Crippen LogP contribution in [0.5, 0.6) is 11.5 Å². The Kier molecular flexibility index (Phi) is 6.18. The van der Waals surface area contributed by atoms with Crippen molar-refractivity contribution < 1.29 is 14.3 Å². The predicted octanol–water partition coefficient (Wildman–Crippen LogP) is 4.24. The molecule has 30 heavy (non-hydrogen) atoms. The van der Waals surface area contributed by atoms with Crippen molar-refractivity contribution in [2.45, 2.75) is 6.61 Å². The van der Waals surface area contributed by atoms with Crippen molar-refractivity contribution in [1.29, 1.82) is 0 Å². The number of hydrogen-bond acceptors (Lipinski definition) is 4. The molecule has 0 radical (unpaired) electrons. The number of rotatable bonds is 6. The van der Waals surface area contributed by atoms with Gasteiger partial charge in [-0.1, -0.05) is 36.4 Å². The van der Waals surface area contributed by atoms with Crippen LogP contribution >= 0.6 is 0 Å². The number of carbonyl (C=O) groups is 1. The maximum atomic E-state index is 13.0. The number of carbonyl (C=O) groups excluding carboxylic acids is 1. The molecule has 0 atom stereocenters. The van der Waals surface area contributed by atoms with E-state index >= 15 is 0 Å². The molecule has 1 saturated heterocycles. The van der Waals surface area contributed by atoms with E-state index in [-0.39, 0.29) is 5.91 Å². The summed E-state index contributed by atoms with van der Waals surface area (Å²) in [5.41, 5.74) is 2.92. The summed E-state index contributed by atoms with van der Waals surface area (Å²) in [7, 11) is 1.67. The Bertz CT molecular complexity index is 965. The largest absolute Gasteiger partial charge is 0.497 e. The maximum Gasteiger partial charge on any atom is 0.254 e. The second kappa shape index (κ2) is 9.35. The predicted molar refractivity (Wildman–Crippen MR) is 118 cm³/mol. The molecule has 0 saturated carbocycles. The molecule has 0 spiro atoms. The van der Waals surface area contributed by atoms with Gasteiger partial charge in [-0.15, -0.1) is 0 Å². The zero-order valence-corrected chi connectivity index (χ0v) is 17.2. The van der Waals surface area contributed by atoms with Gasteiger partial charge in [-0.25, -0.2) is 0 Å². The fourth-order valence-corrected chi connectivity index (χ4v) is 3.60. The van der Waals surface area contributed by atoms with Crippen LogP contribution < -0.4 is 14.4 Å². The molecule has 1 aliphatic heterocycles. The summed E-state index contributed by atoms with van der Waals surface area (Å²) >= 11 is 0. The standard InChI is InChI=1S/C25H26N2O3/c1-29-23-12-10-22(11-13-23)26-14-16-27(17-15-26)25(28)21-8-5-9-24(18-21)30-19-20-6-3-2-4-7-20/h2-13,18H,14-17,19H2,1H3. The number of methoxy groups -OCH3 is 1. The van der Waals surface area contributed by atoms with E-state index in [1.54, 1.807) is 7.11 Å². The number of benzene rings is 3. The topological polar surface area (TPSA) is 42.0 Å². The van der Waals surface area contributed by atoms with E-state index in [9.17, 15) is 4.79 Å². The van der Waals surface area contributed by atoms with Crippen molar-refractivity contribution >= 4 is 11.6 Å². The molecule has 0 bridgehead atoms. The first-order valence-electron chi connectivity index (χ1n) is 10.2. The van der Waals surface area contributed by atoms with Gasteiger partial charge in [0.05, 0.1) is 7.11 Å². The lowest BCUT2D eigenvalue weighted by atomic mass is 10.1. The average Bonchev–Trinajstić information content (AvgIpc) is 2.83. The first kappa shape index (κ1) is 19.8. The summed E-state index contributed by atoms with van der Waals surface area (Å²) in [5, 5.41) is 0. The van der Waals surface area contributed by atoms with Crippen molar-refractivity contribution in [1.82, 2.24) is 4.90 Å². The van der Waals surface area contributed by atoms with Crippen LogP contribution in [0.1, 0.15) is 15.9 Å². The van der Waals surface area contributed by atoms with Crippen molar-refractivity contribution in [2.24, 2.45) is 0 Å². The van der Waals surface area contributed by atoms with Crippen LogP contribution in [0.15, 0.2) is 78.9 Å². The SMILES string of the molecule is COc1ccc(N2CCN(C(=O)c3cccc(OCc4ccccc4)c3)CC2)cc1. The summed E-state index contributed by atoms with van der Waals surface area (Å²) in [6, 6.07) is 25.5. The maximum absolute atomic E-state index is 13.0. The summed E-state index contributed by atoms with van der Waals surface area (Å²) in [6.07, 6.45) is 0. The molecule has 4 rings (SSSR count). The molecule has 1 aliphatic rings. The molecule has 1 amide bonds. The quantitative estimate of drug-likeness (QED) is 0.619. The lowest BCUT2D eigenvalue weighted by Gasteiger charge is -2.36. The summed E-state index contributed by atoms with van der Waals surface area (Å²) < 4.78 is 11.1. The van der Waals surface area contributed by atoms with Gasteiger partial charge in [-0.2, -0.15) is 0 Å². The Morgan fingerprint density at radius 1 is 0.833 bits per heavy atom. The van der Waals surface area contributed by atoms with Crippen LogP contribution in [0.4, 0.5) is 5.69 Å². The van der Waals surface area contributed by atoms with Gasteiger partial charge < -0.3 is 19.3 Å². The summed E-state index contributed by atoms with van der Waals surface area (Å²) in [4.78, 5) is 17.2. The molecule has 0 aromatic heterocycles. The van der Waals surface area contributed by atoms with Crippen LogP contribution in [-0.4, -0.2) is 44.1 Å². The average molecular weight is 402 g/mol. The molecule has 0 aliphatic carbocycles. The number of piperazine rings is 1. The van der Waals surface area contributed by atoms with Crippen molar-refractivity contribution in [2.75, 3.05) is 38.2 Å². The van der Waals surface area contributed by atoms with E-state index in [0.717, 1.165) is 30.1 Å². The third-order valence-corrected chi connectivity index (χ3v) is 5.33. The van der Waals surface area contributed by atoms with Crippen LogP contribution in [0.25, 0.3) is 0 Å². The monoisotopic (exact) mass is 402 g/mol. The fraction of sp³-hybridized carbons (Fsp3) is 0.240. The van der Waals surface area contributed by atoms with Gasteiger partial charge in [0.15, 0.2) is 0 Å². The molecular formula is C25H26N2O3. The Balaban J connectivity index is 1.34. The molecular weight excluding hydrogens is 376 g/mol. The summed E-state index contributed by atoms with van der Waals surface area (Å²) in [5.74, 6) is 1.61. The van der Waals surface area contributed by atoms with E-state index in [2.05, 4.69) is 17.0 Å². The fourth-order valence-electron chi connectivity index (χ4n) is 3.60. The lowest BCUT2D eigenvalue weighted by molar-refractivity contribution is 0.0746. The minimum Gasteiger partial charge on any atom is -0.497 e. The number of nitrogens with zero attached hydrogens (tertiary/aromatic N) is 2. The van der Waals surface area contributed by atoms with Crippen LogP contribution in [0.3, 0.4) is 0 Å². The zero-order valence-electron chi connectivity index (χ0n) is 17.2. The van der Waals surface area contributed by atoms with E-state index in [4.69, 9.17) is 9.47 Å². The van der Waals surface area contributed by atoms with E-state index in [1.165, 1.54) is 0 Å². The minimum absolute atomic E-state index is 0.0505. The third kappa shape index (κ3) is 4.74. The van der Waals surface area contributed by atoms with Crippen LogP contribution in [0.2, 0.25) is 0 Å². The van der Waals surface area contributed by atoms with E-state index in [1.807, 2.05) is 71.6 Å². The minimum atomic E-state index is 0.0505. The first-order valence-corrected chi connectivity index (χ1v) is 10.2.